The fourth-order valence-electron chi connectivity index (χ4n) is 6.57. The van der Waals surface area contributed by atoms with Crippen LogP contribution in [0.3, 0.4) is 0 Å². The Morgan fingerprint density at radius 1 is 0.600 bits per heavy atom. The van der Waals surface area contributed by atoms with E-state index in [4.69, 9.17) is 9.05 Å². The van der Waals surface area contributed by atoms with Crippen LogP contribution in [0.4, 0.5) is 0 Å². The number of aliphatic hydroxyl groups excluding tert-OH is 1. The lowest BCUT2D eigenvalue weighted by molar-refractivity contribution is -0.870. The van der Waals surface area contributed by atoms with E-state index < -0.39 is 26.6 Å². The Kier molecular flexibility index (Phi) is 40.8. The van der Waals surface area contributed by atoms with E-state index >= 15 is 0 Å². The summed E-state index contributed by atoms with van der Waals surface area (Å²) in [6, 6.07) is -0.906. The third-order valence-electron chi connectivity index (χ3n) is 10.4. The molecule has 0 aliphatic carbocycles. The minimum Gasteiger partial charge on any atom is -0.756 e. The van der Waals surface area contributed by atoms with Crippen molar-refractivity contribution >= 4 is 13.7 Å². The molecule has 0 spiro atoms. The molecule has 0 fully saturated rings. The maximum Gasteiger partial charge on any atom is 0.268 e. The molecule has 3 unspecified atom stereocenters. The van der Waals surface area contributed by atoms with Crippen LogP contribution in [-0.2, 0) is 18.4 Å². The van der Waals surface area contributed by atoms with Crippen molar-refractivity contribution in [2.75, 3.05) is 40.9 Å². The minimum absolute atomic E-state index is 0.00948. The molecular formula is C51H93N2O6P. The van der Waals surface area contributed by atoms with Crippen LogP contribution >= 0.6 is 7.82 Å². The highest BCUT2D eigenvalue weighted by atomic mass is 31.2. The molecule has 0 saturated heterocycles. The number of phosphoric acid groups is 1. The number of allylic oxidation sites excluding steroid dienone is 11. The molecule has 0 aromatic rings. The van der Waals surface area contributed by atoms with Gasteiger partial charge in [-0.05, 0) is 70.6 Å². The third kappa shape index (κ3) is 44.0. The Bertz CT molecular complexity index is 1200. The van der Waals surface area contributed by atoms with Gasteiger partial charge in [-0.25, -0.2) is 0 Å². The number of hydrogen-bond donors (Lipinski definition) is 2. The molecule has 0 bridgehead atoms. The molecule has 60 heavy (non-hydrogen) atoms. The number of nitrogens with one attached hydrogen (secondary N) is 1. The highest BCUT2D eigenvalue weighted by molar-refractivity contribution is 7.45. The van der Waals surface area contributed by atoms with Gasteiger partial charge in [-0.2, -0.15) is 0 Å². The Labute approximate surface area is 370 Å². The number of rotatable bonds is 43. The number of nitrogens with zero attached hydrogens (tertiary/aromatic N) is 1. The number of phosphoric ester groups is 1. The zero-order valence-electron chi connectivity index (χ0n) is 39.4. The number of carbonyl (C=O) groups excluding carboxylic acids is 1. The quantitative estimate of drug-likeness (QED) is 0.0274. The van der Waals surface area contributed by atoms with Crippen LogP contribution in [0.2, 0.25) is 0 Å². The van der Waals surface area contributed by atoms with Gasteiger partial charge in [-0.3, -0.25) is 9.36 Å². The second-order valence-electron chi connectivity index (χ2n) is 17.4. The Balaban J connectivity index is 4.28. The minimum atomic E-state index is -4.60. The molecule has 8 nitrogen and oxygen atoms in total. The number of hydrogen-bond acceptors (Lipinski definition) is 6. The Hall–Kier alpha value is -2.06. The molecule has 0 heterocycles. The van der Waals surface area contributed by atoms with Crippen molar-refractivity contribution in [2.24, 2.45) is 0 Å². The summed E-state index contributed by atoms with van der Waals surface area (Å²) in [5, 5.41) is 13.8. The molecule has 3 atom stereocenters. The van der Waals surface area contributed by atoms with E-state index in [1.165, 1.54) is 109 Å². The molecule has 0 aromatic heterocycles. The fourth-order valence-corrected chi connectivity index (χ4v) is 7.29. The van der Waals surface area contributed by atoms with E-state index in [2.05, 4.69) is 79.9 Å². The first-order chi connectivity index (χ1) is 29.0. The van der Waals surface area contributed by atoms with E-state index in [0.29, 0.717) is 17.4 Å². The highest BCUT2D eigenvalue weighted by Crippen LogP contribution is 2.38. The van der Waals surface area contributed by atoms with Crippen LogP contribution in [0, 0.1) is 0 Å². The number of carbonyl (C=O) groups is 1. The smallest absolute Gasteiger partial charge is 0.268 e. The van der Waals surface area contributed by atoms with Crippen LogP contribution in [0.25, 0.3) is 0 Å². The molecule has 2 N–H and O–H groups in total. The van der Waals surface area contributed by atoms with Gasteiger partial charge in [-0.1, -0.05) is 189 Å². The molecule has 0 saturated carbocycles. The maximum atomic E-state index is 12.9. The fraction of sp³-hybridized carbons (Fsp3) is 0.745. The van der Waals surface area contributed by atoms with Crippen LogP contribution in [0.15, 0.2) is 72.9 Å². The molecular weight excluding hydrogens is 768 g/mol. The molecule has 9 heteroatoms. The van der Waals surface area contributed by atoms with E-state index in [1.54, 1.807) is 6.08 Å². The van der Waals surface area contributed by atoms with Crippen molar-refractivity contribution in [3.8, 4) is 0 Å². The predicted molar refractivity (Wildman–Crippen MR) is 256 cm³/mol. The number of likely N-dealkylation sites (N-methyl/N-ethyl adjacent to an activating group) is 1. The van der Waals surface area contributed by atoms with E-state index in [1.807, 2.05) is 27.2 Å². The molecule has 0 rings (SSSR count). The van der Waals surface area contributed by atoms with Gasteiger partial charge in [0.1, 0.15) is 13.2 Å². The average molecular weight is 861 g/mol. The molecule has 348 valence electrons. The lowest BCUT2D eigenvalue weighted by Gasteiger charge is -2.29. The Morgan fingerprint density at radius 3 is 1.55 bits per heavy atom. The normalized spacial score (nSPS) is 14.8. The monoisotopic (exact) mass is 861 g/mol. The summed E-state index contributed by atoms with van der Waals surface area (Å²) in [7, 11) is 1.23. The van der Waals surface area contributed by atoms with Crippen LogP contribution in [0.5, 0.6) is 0 Å². The van der Waals surface area contributed by atoms with Crippen LogP contribution < -0.4 is 10.2 Å². The lowest BCUT2D eigenvalue weighted by atomic mass is 10.0. The second kappa shape index (κ2) is 42.3. The lowest BCUT2D eigenvalue weighted by Crippen LogP contribution is -2.45. The average Bonchev–Trinajstić information content (AvgIpc) is 3.20. The summed E-state index contributed by atoms with van der Waals surface area (Å²) >= 11 is 0. The Morgan fingerprint density at radius 2 is 1.03 bits per heavy atom. The van der Waals surface area contributed by atoms with Gasteiger partial charge in [0.2, 0.25) is 5.91 Å². The summed E-state index contributed by atoms with van der Waals surface area (Å²) in [4.78, 5) is 25.3. The second-order valence-corrected chi connectivity index (χ2v) is 18.8. The zero-order chi connectivity index (χ0) is 44.3. The van der Waals surface area contributed by atoms with Crippen molar-refractivity contribution in [2.45, 2.75) is 206 Å². The predicted octanol–water partition coefficient (Wildman–Crippen LogP) is 13.3. The largest absolute Gasteiger partial charge is 0.756 e. The SMILES string of the molecule is CC/C=C\C/C=C\C/C=C\C/C=C\CCCCCCCCCCCCCCC(=O)NC(COP(=O)([O-])OCC[N+](C)(C)C)C(O)/C=C/CC/C=C/CCCCCCCCC. The number of amides is 1. The summed E-state index contributed by atoms with van der Waals surface area (Å²) in [6.07, 6.45) is 56.7. The topological polar surface area (TPSA) is 108 Å². The van der Waals surface area contributed by atoms with Crippen molar-refractivity contribution in [1.82, 2.24) is 5.32 Å². The third-order valence-corrected chi connectivity index (χ3v) is 11.4. The zero-order valence-corrected chi connectivity index (χ0v) is 40.3. The summed E-state index contributed by atoms with van der Waals surface area (Å²) in [5.41, 5.74) is 0. The molecule has 0 aliphatic heterocycles. The number of unbranched alkanes of at least 4 members (excludes halogenated alkanes) is 20. The first-order valence-electron chi connectivity index (χ1n) is 24.3. The van der Waals surface area contributed by atoms with Crippen molar-refractivity contribution < 1.29 is 32.9 Å². The van der Waals surface area contributed by atoms with Gasteiger partial charge < -0.3 is 28.8 Å². The van der Waals surface area contributed by atoms with Gasteiger partial charge in [0, 0.05) is 6.42 Å². The molecule has 1 amide bonds. The molecule has 0 aliphatic rings. The first kappa shape index (κ1) is 57.9. The standard InChI is InChI=1S/C51H93N2O6P/c1-6-8-10-12-14-16-18-20-21-22-23-24-25-26-27-28-29-30-31-33-35-37-39-41-43-45-51(55)52-49(48-59-60(56,57)58-47-46-53(3,4)5)50(54)44-42-40-38-36-34-32-19-17-15-13-11-9-7-2/h8,10,14,16,20-21,23-24,34,36,42,44,49-50,54H,6-7,9,11-13,15,17-19,22,25-33,35,37-41,43,45-48H2,1-5H3,(H-,52,55,56,57)/b10-8-,16-14-,21-20-,24-23-,36-34+,44-42+. The van der Waals surface area contributed by atoms with Crippen molar-refractivity contribution in [1.29, 1.82) is 0 Å². The van der Waals surface area contributed by atoms with E-state index in [-0.39, 0.29) is 12.5 Å². The number of aliphatic hydroxyl groups is 1. The maximum absolute atomic E-state index is 12.9. The molecule has 0 radical (unpaired) electrons. The van der Waals surface area contributed by atoms with E-state index in [9.17, 15) is 19.4 Å². The van der Waals surface area contributed by atoms with Crippen LogP contribution in [0.1, 0.15) is 194 Å². The van der Waals surface area contributed by atoms with Gasteiger partial charge in [0.05, 0.1) is 39.9 Å². The van der Waals surface area contributed by atoms with Crippen molar-refractivity contribution in [3.05, 3.63) is 72.9 Å². The van der Waals surface area contributed by atoms with Gasteiger partial charge in [-0.15, -0.1) is 0 Å². The summed E-state index contributed by atoms with van der Waals surface area (Å²) < 4.78 is 23.2. The van der Waals surface area contributed by atoms with Crippen LogP contribution in [-0.4, -0.2) is 68.5 Å². The van der Waals surface area contributed by atoms with Gasteiger partial charge in [0.15, 0.2) is 0 Å². The highest BCUT2D eigenvalue weighted by Gasteiger charge is 2.23. The summed E-state index contributed by atoms with van der Waals surface area (Å²) in [6.45, 7) is 4.49. The first-order valence-corrected chi connectivity index (χ1v) is 25.8. The number of quaternary nitrogens is 1. The van der Waals surface area contributed by atoms with Gasteiger partial charge >= 0.3 is 0 Å². The molecule has 0 aromatic carbocycles. The summed E-state index contributed by atoms with van der Waals surface area (Å²) in [5.74, 6) is -0.213. The van der Waals surface area contributed by atoms with Crippen molar-refractivity contribution in [3.63, 3.8) is 0 Å². The van der Waals surface area contributed by atoms with E-state index in [0.717, 1.165) is 64.2 Å². The van der Waals surface area contributed by atoms with Gasteiger partial charge in [0.25, 0.3) is 7.82 Å².